The number of fused-ring (bicyclic) bond motifs is 2. The van der Waals surface area contributed by atoms with Crippen molar-refractivity contribution < 1.29 is 23.7 Å². The molecule has 2 aliphatic heterocycles. The van der Waals surface area contributed by atoms with E-state index in [2.05, 4.69) is 5.32 Å². The van der Waals surface area contributed by atoms with E-state index in [1.54, 1.807) is 23.9 Å². The van der Waals surface area contributed by atoms with E-state index in [-0.39, 0.29) is 25.1 Å². The molecule has 0 saturated carbocycles. The van der Waals surface area contributed by atoms with E-state index in [9.17, 15) is 4.79 Å². The molecule has 3 N–H and O–H groups in total. The minimum Gasteiger partial charge on any atom is -0.486 e. The van der Waals surface area contributed by atoms with Gasteiger partial charge in [-0.2, -0.15) is 0 Å². The largest absolute Gasteiger partial charge is 0.486 e. The molecule has 2 aliphatic rings. The number of hydrogen-bond acceptors (Lipinski definition) is 7. The minimum absolute atomic E-state index is 0. The molecule has 0 bridgehead atoms. The Balaban J connectivity index is 0.00000210. The molecule has 0 fully saturated rings. The van der Waals surface area contributed by atoms with Crippen LogP contribution in [0.25, 0.3) is 0 Å². The predicted molar refractivity (Wildman–Crippen MR) is 106 cm³/mol. The first-order valence-corrected chi connectivity index (χ1v) is 9.19. The van der Waals surface area contributed by atoms with Gasteiger partial charge in [0.05, 0.1) is 11.4 Å². The van der Waals surface area contributed by atoms with Crippen molar-refractivity contribution in [3.8, 4) is 23.0 Å². The number of benzene rings is 2. The van der Waals surface area contributed by atoms with E-state index in [0.717, 1.165) is 16.4 Å². The summed E-state index contributed by atoms with van der Waals surface area (Å²) >= 11 is 1.58. The second kappa shape index (κ2) is 8.49. The number of thioether (sulfide) groups is 1. The maximum absolute atomic E-state index is 12.2. The highest BCUT2D eigenvalue weighted by molar-refractivity contribution is 7.99. The summed E-state index contributed by atoms with van der Waals surface area (Å²) in [5.74, 6) is 3.21. The first kappa shape index (κ1) is 19.3. The number of halogens is 1. The first-order valence-electron chi connectivity index (χ1n) is 8.20. The molecular formula is C18H19ClN2O5S. The molecule has 7 nitrogen and oxygen atoms in total. The molecule has 0 atom stereocenters. The Labute approximate surface area is 166 Å². The topological polar surface area (TPSA) is 92.0 Å². The highest BCUT2D eigenvalue weighted by Gasteiger charge is 2.17. The summed E-state index contributed by atoms with van der Waals surface area (Å²) in [6.07, 6.45) is 0.354. The van der Waals surface area contributed by atoms with Crippen LogP contribution < -0.4 is 30.0 Å². The summed E-state index contributed by atoms with van der Waals surface area (Å²) in [6.45, 7) is 1.29. The summed E-state index contributed by atoms with van der Waals surface area (Å²) in [6, 6.07) is 9.13. The van der Waals surface area contributed by atoms with Gasteiger partial charge in [-0.15, -0.1) is 24.2 Å². The molecule has 0 radical (unpaired) electrons. The molecule has 144 valence electrons. The van der Waals surface area contributed by atoms with Crippen LogP contribution in [-0.2, 0) is 4.79 Å². The third-order valence-corrected chi connectivity index (χ3v) is 4.93. The van der Waals surface area contributed by atoms with Crippen molar-refractivity contribution in [1.29, 1.82) is 0 Å². The molecule has 0 spiro atoms. The molecule has 4 rings (SSSR count). The number of anilines is 2. The lowest BCUT2D eigenvalue weighted by atomic mass is 10.2. The van der Waals surface area contributed by atoms with Gasteiger partial charge in [0.1, 0.15) is 13.2 Å². The standard InChI is InChI=1S/C18H18N2O5S.ClH/c19-12-8-16-17(25-10-24-16)9-13(12)20-18(21)3-6-26-11-1-2-14-15(7-11)23-5-4-22-14;/h1-2,7-9H,3-6,10,19H2,(H,20,21);1H. The molecule has 2 aromatic rings. The van der Waals surface area contributed by atoms with Crippen LogP contribution in [0.2, 0.25) is 0 Å². The van der Waals surface area contributed by atoms with Gasteiger partial charge >= 0.3 is 0 Å². The molecule has 0 unspecified atom stereocenters. The van der Waals surface area contributed by atoms with Crippen molar-refractivity contribution in [2.75, 3.05) is 36.8 Å². The Morgan fingerprint density at radius 2 is 1.70 bits per heavy atom. The lowest BCUT2D eigenvalue weighted by Crippen LogP contribution is -2.15. The van der Waals surface area contributed by atoms with Crippen molar-refractivity contribution in [2.45, 2.75) is 11.3 Å². The minimum atomic E-state index is -0.111. The Kier molecular flexibility index (Phi) is 6.08. The molecule has 9 heteroatoms. The van der Waals surface area contributed by atoms with Crippen LogP contribution in [0.5, 0.6) is 23.0 Å². The Hall–Kier alpha value is -2.45. The van der Waals surface area contributed by atoms with Crippen molar-refractivity contribution >= 4 is 41.5 Å². The van der Waals surface area contributed by atoms with Gasteiger partial charge in [0.25, 0.3) is 0 Å². The molecule has 2 aromatic carbocycles. The zero-order chi connectivity index (χ0) is 17.9. The average Bonchev–Trinajstić information content (AvgIpc) is 3.09. The average molecular weight is 411 g/mol. The van der Waals surface area contributed by atoms with Crippen LogP contribution in [0.4, 0.5) is 11.4 Å². The van der Waals surface area contributed by atoms with Crippen LogP contribution in [0.3, 0.4) is 0 Å². The fourth-order valence-corrected chi connectivity index (χ4v) is 3.53. The SMILES string of the molecule is Cl.Nc1cc2c(cc1NC(=O)CCSc1ccc3c(c1)OCCO3)OCO2. The van der Waals surface area contributed by atoms with Crippen molar-refractivity contribution in [3.63, 3.8) is 0 Å². The van der Waals surface area contributed by atoms with Gasteiger partial charge in [0.2, 0.25) is 12.7 Å². The molecular weight excluding hydrogens is 392 g/mol. The summed E-state index contributed by atoms with van der Waals surface area (Å²) in [5, 5.41) is 2.82. The maximum atomic E-state index is 12.2. The van der Waals surface area contributed by atoms with E-state index in [1.165, 1.54) is 0 Å². The van der Waals surface area contributed by atoms with E-state index < -0.39 is 0 Å². The van der Waals surface area contributed by atoms with E-state index in [0.29, 0.717) is 48.3 Å². The zero-order valence-corrected chi connectivity index (χ0v) is 16.0. The lowest BCUT2D eigenvalue weighted by molar-refractivity contribution is -0.115. The highest BCUT2D eigenvalue weighted by atomic mass is 35.5. The number of nitrogens with two attached hydrogens (primary N) is 1. The number of nitrogen functional groups attached to an aromatic ring is 1. The van der Waals surface area contributed by atoms with Gasteiger partial charge < -0.3 is 30.0 Å². The Morgan fingerprint density at radius 1 is 1.00 bits per heavy atom. The van der Waals surface area contributed by atoms with Crippen molar-refractivity contribution in [1.82, 2.24) is 0 Å². The first-order chi connectivity index (χ1) is 12.7. The van der Waals surface area contributed by atoms with Gasteiger partial charge in [0, 0.05) is 29.2 Å². The van der Waals surface area contributed by atoms with Crippen LogP contribution >= 0.6 is 24.2 Å². The number of nitrogens with one attached hydrogen (secondary N) is 1. The number of hydrogen-bond donors (Lipinski definition) is 2. The van der Waals surface area contributed by atoms with Crippen molar-refractivity contribution in [2.24, 2.45) is 0 Å². The third kappa shape index (κ3) is 4.45. The van der Waals surface area contributed by atoms with Crippen LogP contribution in [0.15, 0.2) is 35.2 Å². The van der Waals surface area contributed by atoms with Gasteiger partial charge in [-0.25, -0.2) is 0 Å². The van der Waals surface area contributed by atoms with Gasteiger partial charge in [-0.1, -0.05) is 0 Å². The fraction of sp³-hybridized carbons (Fsp3) is 0.278. The number of carbonyl (C=O) groups excluding carboxylic acids is 1. The number of carbonyl (C=O) groups is 1. The smallest absolute Gasteiger partial charge is 0.231 e. The molecule has 0 saturated heterocycles. The molecule has 0 aromatic heterocycles. The van der Waals surface area contributed by atoms with Crippen LogP contribution in [0.1, 0.15) is 6.42 Å². The van der Waals surface area contributed by atoms with Crippen molar-refractivity contribution in [3.05, 3.63) is 30.3 Å². The second-order valence-electron chi connectivity index (χ2n) is 5.74. The lowest BCUT2D eigenvalue weighted by Gasteiger charge is -2.18. The molecule has 2 heterocycles. The molecule has 1 amide bonds. The summed E-state index contributed by atoms with van der Waals surface area (Å²) in [4.78, 5) is 13.2. The van der Waals surface area contributed by atoms with Crippen LogP contribution in [0, 0.1) is 0 Å². The van der Waals surface area contributed by atoms with E-state index in [4.69, 9.17) is 24.7 Å². The third-order valence-electron chi connectivity index (χ3n) is 3.93. The molecule has 0 aliphatic carbocycles. The fourth-order valence-electron chi connectivity index (χ4n) is 2.65. The zero-order valence-electron chi connectivity index (χ0n) is 14.4. The Morgan fingerprint density at radius 3 is 2.52 bits per heavy atom. The normalized spacial score (nSPS) is 13.6. The predicted octanol–water partition coefficient (Wildman–Crippen LogP) is 3.31. The number of rotatable bonds is 5. The quantitative estimate of drug-likeness (QED) is 0.577. The van der Waals surface area contributed by atoms with Crippen LogP contribution in [-0.4, -0.2) is 31.7 Å². The summed E-state index contributed by atoms with van der Waals surface area (Å²) in [7, 11) is 0. The highest BCUT2D eigenvalue weighted by Crippen LogP contribution is 2.38. The maximum Gasteiger partial charge on any atom is 0.231 e. The summed E-state index contributed by atoms with van der Waals surface area (Å²) in [5.41, 5.74) is 6.92. The van der Waals surface area contributed by atoms with E-state index >= 15 is 0 Å². The molecule has 27 heavy (non-hydrogen) atoms. The van der Waals surface area contributed by atoms with Gasteiger partial charge in [0.15, 0.2) is 23.0 Å². The van der Waals surface area contributed by atoms with Gasteiger partial charge in [-0.3, -0.25) is 4.79 Å². The van der Waals surface area contributed by atoms with E-state index in [1.807, 2.05) is 18.2 Å². The summed E-state index contributed by atoms with van der Waals surface area (Å²) < 4.78 is 21.6. The number of amides is 1. The Bertz CT molecular complexity index is 849. The second-order valence-corrected chi connectivity index (χ2v) is 6.91. The monoisotopic (exact) mass is 410 g/mol. The van der Waals surface area contributed by atoms with Gasteiger partial charge in [-0.05, 0) is 18.2 Å². The number of ether oxygens (including phenoxy) is 4.